The standard InChI is InChI=1S/C16H19F3N2O2/c17-16(18,19)15-7-14(15,9-21-10-15)8-20-6-11-1-2-12-13(5-11)23-4-3-22-12/h1-2,5,20-21H,3-4,6-10H2/t14-,15+/m1/s1. The van der Waals surface area contributed by atoms with Crippen molar-refractivity contribution < 1.29 is 22.6 Å². The molecule has 1 saturated carbocycles. The normalized spacial score (nSPS) is 31.8. The Morgan fingerprint density at radius 1 is 1.13 bits per heavy atom. The van der Waals surface area contributed by atoms with Gasteiger partial charge in [0.25, 0.3) is 0 Å². The molecule has 4 nitrogen and oxygen atoms in total. The van der Waals surface area contributed by atoms with Crippen molar-refractivity contribution in [1.29, 1.82) is 0 Å². The molecule has 0 spiro atoms. The summed E-state index contributed by atoms with van der Waals surface area (Å²) in [6, 6.07) is 5.64. The van der Waals surface area contributed by atoms with Crippen molar-refractivity contribution in [3.05, 3.63) is 23.8 Å². The highest BCUT2D eigenvalue weighted by Gasteiger charge is 2.81. The van der Waals surface area contributed by atoms with E-state index >= 15 is 0 Å². The van der Waals surface area contributed by atoms with Crippen LogP contribution in [0, 0.1) is 10.8 Å². The Hall–Kier alpha value is -1.47. The Kier molecular flexibility index (Phi) is 3.29. The van der Waals surface area contributed by atoms with Gasteiger partial charge in [-0.15, -0.1) is 0 Å². The van der Waals surface area contributed by atoms with Crippen LogP contribution in [0.4, 0.5) is 13.2 Å². The summed E-state index contributed by atoms with van der Waals surface area (Å²) < 4.78 is 50.8. The summed E-state index contributed by atoms with van der Waals surface area (Å²) in [6.07, 6.45) is -3.90. The average Bonchev–Trinajstić information content (AvgIpc) is 3.03. The molecular weight excluding hydrogens is 309 g/mol. The van der Waals surface area contributed by atoms with Gasteiger partial charge in [-0.25, -0.2) is 0 Å². The van der Waals surface area contributed by atoms with Gasteiger partial charge in [0.05, 0.1) is 5.41 Å². The van der Waals surface area contributed by atoms with E-state index in [-0.39, 0.29) is 13.0 Å². The number of alkyl halides is 3. The zero-order valence-corrected chi connectivity index (χ0v) is 12.6. The molecule has 2 aliphatic heterocycles. The molecular formula is C16H19F3N2O2. The summed E-state index contributed by atoms with van der Waals surface area (Å²) in [5.41, 5.74) is -1.23. The predicted octanol–water partition coefficient (Wildman–Crippen LogP) is 2.09. The fraction of sp³-hybridized carbons (Fsp3) is 0.625. The lowest BCUT2D eigenvalue weighted by Gasteiger charge is -2.21. The second-order valence-corrected chi connectivity index (χ2v) is 6.72. The van der Waals surface area contributed by atoms with Crippen molar-refractivity contribution in [1.82, 2.24) is 10.6 Å². The molecule has 0 aromatic heterocycles. The molecule has 0 bridgehead atoms. The molecule has 4 rings (SSSR count). The molecule has 2 heterocycles. The van der Waals surface area contributed by atoms with Crippen LogP contribution < -0.4 is 20.1 Å². The van der Waals surface area contributed by atoms with Crippen LogP contribution >= 0.6 is 0 Å². The van der Waals surface area contributed by atoms with Gasteiger partial charge < -0.3 is 20.1 Å². The van der Waals surface area contributed by atoms with Crippen molar-refractivity contribution in [2.24, 2.45) is 10.8 Å². The van der Waals surface area contributed by atoms with Gasteiger partial charge in [-0.3, -0.25) is 0 Å². The first-order chi connectivity index (χ1) is 11.0. The minimum Gasteiger partial charge on any atom is -0.486 e. The minimum atomic E-state index is -4.13. The summed E-state index contributed by atoms with van der Waals surface area (Å²) in [6.45, 7) is 2.43. The Labute approximate surface area is 132 Å². The zero-order chi connectivity index (χ0) is 16.1. The van der Waals surface area contributed by atoms with Gasteiger partial charge in [0.15, 0.2) is 11.5 Å². The number of nitrogens with one attached hydrogen (secondary N) is 2. The van der Waals surface area contributed by atoms with E-state index in [1.54, 1.807) is 0 Å². The van der Waals surface area contributed by atoms with Crippen LogP contribution in [0.5, 0.6) is 11.5 Å². The minimum absolute atomic E-state index is 0.0439. The van der Waals surface area contributed by atoms with Gasteiger partial charge in [-0.2, -0.15) is 13.2 Å². The SMILES string of the molecule is FC(F)(F)[C@@]12CNC[C@]1(CNCc1ccc3c(c1)OCCO3)C2. The maximum atomic E-state index is 13.3. The van der Waals surface area contributed by atoms with Gasteiger partial charge >= 0.3 is 6.18 Å². The molecule has 1 aliphatic carbocycles. The lowest BCUT2D eigenvalue weighted by Crippen LogP contribution is -2.35. The summed E-state index contributed by atoms with van der Waals surface area (Å²) in [5, 5.41) is 6.10. The van der Waals surface area contributed by atoms with E-state index in [4.69, 9.17) is 9.47 Å². The maximum absolute atomic E-state index is 13.3. The van der Waals surface area contributed by atoms with Gasteiger partial charge in [-0.1, -0.05) is 6.07 Å². The molecule has 1 aromatic carbocycles. The monoisotopic (exact) mass is 328 g/mol. The predicted molar refractivity (Wildman–Crippen MR) is 77.5 cm³/mol. The van der Waals surface area contributed by atoms with Gasteiger partial charge in [0.2, 0.25) is 0 Å². The number of hydrogen-bond acceptors (Lipinski definition) is 4. The first-order valence-electron chi connectivity index (χ1n) is 7.83. The Bertz CT molecular complexity index is 622. The topological polar surface area (TPSA) is 42.5 Å². The average molecular weight is 328 g/mol. The second-order valence-electron chi connectivity index (χ2n) is 6.72. The molecule has 2 N–H and O–H groups in total. The Morgan fingerprint density at radius 2 is 1.91 bits per heavy atom. The van der Waals surface area contributed by atoms with Crippen molar-refractivity contribution in [2.45, 2.75) is 19.1 Å². The Balaban J connectivity index is 1.38. The molecule has 0 unspecified atom stereocenters. The quantitative estimate of drug-likeness (QED) is 0.888. The van der Waals surface area contributed by atoms with Crippen molar-refractivity contribution in [2.75, 3.05) is 32.8 Å². The lowest BCUT2D eigenvalue weighted by molar-refractivity contribution is -0.190. The maximum Gasteiger partial charge on any atom is 0.396 e. The molecule has 2 fully saturated rings. The third-order valence-electron chi connectivity index (χ3n) is 5.36. The van der Waals surface area contributed by atoms with Crippen molar-refractivity contribution in [3.8, 4) is 11.5 Å². The van der Waals surface area contributed by atoms with Crippen molar-refractivity contribution in [3.63, 3.8) is 0 Å². The van der Waals surface area contributed by atoms with E-state index in [1.807, 2.05) is 18.2 Å². The van der Waals surface area contributed by atoms with Crippen LogP contribution in [0.25, 0.3) is 0 Å². The van der Waals surface area contributed by atoms with E-state index in [0.717, 1.165) is 11.3 Å². The molecule has 7 heteroatoms. The molecule has 3 aliphatic rings. The number of hydrogen-bond donors (Lipinski definition) is 2. The molecule has 0 amide bonds. The smallest absolute Gasteiger partial charge is 0.396 e. The molecule has 0 radical (unpaired) electrons. The number of benzene rings is 1. The first kappa shape index (κ1) is 15.1. The summed E-state index contributed by atoms with van der Waals surface area (Å²) in [7, 11) is 0. The molecule has 1 saturated heterocycles. The van der Waals surface area contributed by atoms with Crippen molar-refractivity contribution >= 4 is 0 Å². The van der Waals surface area contributed by atoms with Gasteiger partial charge in [0, 0.05) is 31.6 Å². The van der Waals surface area contributed by atoms with Gasteiger partial charge in [0.1, 0.15) is 13.2 Å². The number of halogens is 3. The summed E-state index contributed by atoms with van der Waals surface area (Å²) in [4.78, 5) is 0. The van der Waals surface area contributed by atoms with E-state index in [2.05, 4.69) is 10.6 Å². The van der Waals surface area contributed by atoms with Crippen LogP contribution in [-0.4, -0.2) is 39.0 Å². The molecule has 126 valence electrons. The summed E-state index contributed by atoms with van der Waals surface area (Å²) >= 11 is 0. The highest BCUT2D eigenvalue weighted by Crippen LogP contribution is 2.72. The number of piperidine rings is 1. The third kappa shape index (κ3) is 2.29. The van der Waals surface area contributed by atoms with Crippen LogP contribution in [0.1, 0.15) is 12.0 Å². The Morgan fingerprint density at radius 3 is 2.65 bits per heavy atom. The highest BCUT2D eigenvalue weighted by molar-refractivity contribution is 5.43. The molecule has 23 heavy (non-hydrogen) atoms. The molecule has 2 atom stereocenters. The summed E-state index contributed by atoms with van der Waals surface area (Å²) in [5.74, 6) is 1.42. The van der Waals surface area contributed by atoms with Gasteiger partial charge in [-0.05, 0) is 24.1 Å². The third-order valence-corrected chi connectivity index (χ3v) is 5.36. The number of fused-ring (bicyclic) bond motifs is 2. The zero-order valence-electron chi connectivity index (χ0n) is 12.6. The van der Waals surface area contributed by atoms with E-state index in [9.17, 15) is 13.2 Å². The second kappa shape index (κ2) is 5.01. The van der Waals surface area contributed by atoms with Crippen LogP contribution in [-0.2, 0) is 6.54 Å². The fourth-order valence-corrected chi connectivity index (χ4v) is 3.97. The van der Waals surface area contributed by atoms with E-state index in [0.29, 0.717) is 38.6 Å². The van der Waals surface area contributed by atoms with Crippen LogP contribution in [0.3, 0.4) is 0 Å². The number of rotatable bonds is 4. The molecule has 1 aromatic rings. The van der Waals surface area contributed by atoms with Crippen LogP contribution in [0.2, 0.25) is 0 Å². The highest BCUT2D eigenvalue weighted by atomic mass is 19.4. The largest absolute Gasteiger partial charge is 0.486 e. The fourth-order valence-electron chi connectivity index (χ4n) is 3.97. The van der Waals surface area contributed by atoms with E-state index in [1.165, 1.54) is 0 Å². The first-order valence-corrected chi connectivity index (χ1v) is 7.83. The lowest BCUT2D eigenvalue weighted by atomic mass is 9.95. The number of ether oxygens (including phenoxy) is 2. The van der Waals surface area contributed by atoms with Crippen LogP contribution in [0.15, 0.2) is 18.2 Å². The van der Waals surface area contributed by atoms with E-state index < -0.39 is 17.0 Å².